The highest BCUT2D eigenvalue weighted by molar-refractivity contribution is 7.70. The largest absolute Gasteiger partial charge is 0.465 e. The van der Waals surface area contributed by atoms with Crippen molar-refractivity contribution in [3.8, 4) is 11.3 Å². The molecule has 0 bridgehead atoms. The van der Waals surface area contributed by atoms with Gasteiger partial charge in [-0.15, -0.1) is 0 Å². The molecule has 0 unspecified atom stereocenters. The lowest BCUT2D eigenvalue weighted by Crippen LogP contribution is -2.37. The van der Waals surface area contributed by atoms with E-state index >= 15 is 0 Å². The Morgan fingerprint density at radius 2 is 1.86 bits per heavy atom. The first-order valence-electron chi connectivity index (χ1n) is 13.7. The zero-order valence-electron chi connectivity index (χ0n) is 24.6. The Labute approximate surface area is 246 Å². The first-order valence-corrected chi connectivity index (χ1v) is 16.4. The predicted octanol–water partition coefficient (Wildman–Crippen LogP) is 5.19. The van der Waals surface area contributed by atoms with E-state index in [4.69, 9.17) is 4.74 Å². The minimum absolute atomic E-state index is 0.0106. The number of nitrogens with zero attached hydrogens (tertiary/aromatic N) is 3. The summed E-state index contributed by atoms with van der Waals surface area (Å²) in [5, 5.41) is 6.73. The number of halogens is 5. The SMILES string of the molecule is COC(=O)c1ccc2c(-c3nc(N[C@H]4CC[C@H](NCCC(F)(F)CN(C)C)C4)ncc3C(F)(F)F)c[nH]c2c1P(C)(C)=O. The lowest BCUT2D eigenvalue weighted by atomic mass is 10.0. The van der Waals surface area contributed by atoms with Gasteiger partial charge in [-0.25, -0.2) is 23.5 Å². The number of ether oxygens (including phenoxy) is 1. The van der Waals surface area contributed by atoms with Crippen LogP contribution in [0.1, 0.15) is 41.6 Å². The lowest BCUT2D eigenvalue weighted by Gasteiger charge is -2.22. The fourth-order valence-corrected chi connectivity index (χ4v) is 7.03. The topological polar surface area (TPSA) is 112 Å². The van der Waals surface area contributed by atoms with Crippen LogP contribution in [0.5, 0.6) is 0 Å². The lowest BCUT2D eigenvalue weighted by molar-refractivity contribution is -0.137. The number of methoxy groups -OCH3 is 1. The van der Waals surface area contributed by atoms with Crippen LogP contribution in [0.2, 0.25) is 0 Å². The predicted molar refractivity (Wildman–Crippen MR) is 156 cm³/mol. The molecular formula is C28H36F5N6O3P. The second kappa shape index (κ2) is 12.5. The van der Waals surface area contributed by atoms with Gasteiger partial charge in [0.1, 0.15) is 12.7 Å². The summed E-state index contributed by atoms with van der Waals surface area (Å²) in [6, 6.07) is 2.65. The standard InChI is InChI=1S/C28H36F5N6O3P/c1-39(2)15-27(29,30)10-11-34-16-6-7-17(12-16)37-26-36-14-21(28(31,32)33)22(38-26)20-13-35-23-18(20)8-9-19(25(40)42-3)24(23)43(4,5)41/h8-9,13-14,16-17,34-35H,6-7,10-12,15H2,1-5H3,(H,36,37,38)/t16-,17-/m0/s1. The van der Waals surface area contributed by atoms with Crippen LogP contribution in [0.4, 0.5) is 27.9 Å². The average molecular weight is 631 g/mol. The van der Waals surface area contributed by atoms with Gasteiger partial charge in [-0.2, -0.15) is 13.2 Å². The van der Waals surface area contributed by atoms with Crippen LogP contribution in [0, 0.1) is 0 Å². The first-order chi connectivity index (χ1) is 20.0. The Balaban J connectivity index is 1.59. The van der Waals surface area contributed by atoms with Gasteiger partial charge in [0.2, 0.25) is 5.95 Å². The molecule has 3 N–H and O–H groups in total. The molecule has 1 aliphatic rings. The Morgan fingerprint density at radius 3 is 2.49 bits per heavy atom. The molecule has 9 nitrogen and oxygen atoms in total. The van der Waals surface area contributed by atoms with Crippen LogP contribution in [0.15, 0.2) is 24.5 Å². The third kappa shape index (κ3) is 7.71. The number of aromatic nitrogens is 3. The van der Waals surface area contributed by atoms with Crippen molar-refractivity contribution in [3.05, 3.63) is 35.7 Å². The summed E-state index contributed by atoms with van der Waals surface area (Å²) < 4.78 is 88.3. The fourth-order valence-electron chi connectivity index (χ4n) is 5.56. The van der Waals surface area contributed by atoms with Gasteiger partial charge in [0.25, 0.3) is 5.92 Å². The Hall–Kier alpha value is -3.09. The monoisotopic (exact) mass is 630 g/mol. The van der Waals surface area contributed by atoms with Gasteiger partial charge in [0.05, 0.1) is 30.4 Å². The van der Waals surface area contributed by atoms with Crippen molar-refractivity contribution in [3.63, 3.8) is 0 Å². The van der Waals surface area contributed by atoms with Gasteiger partial charge in [-0.3, -0.25) is 0 Å². The van der Waals surface area contributed by atoms with Gasteiger partial charge in [0.15, 0.2) is 0 Å². The molecule has 1 fully saturated rings. The van der Waals surface area contributed by atoms with Crippen molar-refractivity contribution >= 4 is 35.3 Å². The van der Waals surface area contributed by atoms with E-state index in [9.17, 15) is 31.3 Å². The normalized spacial score (nSPS) is 18.0. The maximum atomic E-state index is 14.1. The molecule has 2 aromatic heterocycles. The summed E-state index contributed by atoms with van der Waals surface area (Å²) in [5.74, 6) is -3.54. The third-order valence-corrected chi connectivity index (χ3v) is 8.90. The smallest absolute Gasteiger partial charge is 0.419 e. The molecule has 1 aromatic carbocycles. The van der Waals surface area contributed by atoms with E-state index < -0.39 is 30.8 Å². The molecule has 0 amide bonds. The Morgan fingerprint density at radius 1 is 1.16 bits per heavy atom. The van der Waals surface area contributed by atoms with Crippen molar-refractivity contribution in [2.24, 2.45) is 0 Å². The average Bonchev–Trinajstić information content (AvgIpc) is 3.52. The number of rotatable bonds is 11. The molecule has 1 aliphatic carbocycles. The van der Waals surface area contributed by atoms with E-state index in [1.165, 1.54) is 43.7 Å². The summed E-state index contributed by atoms with van der Waals surface area (Å²) in [6.45, 7) is 2.72. The fraction of sp³-hybridized carbons (Fsp3) is 0.536. The molecule has 4 rings (SSSR count). The number of esters is 1. The molecule has 15 heteroatoms. The van der Waals surface area contributed by atoms with Crippen LogP contribution in [0.25, 0.3) is 22.2 Å². The Bertz CT molecular complexity index is 1520. The number of hydrogen-bond acceptors (Lipinski definition) is 8. The molecule has 43 heavy (non-hydrogen) atoms. The zero-order valence-corrected chi connectivity index (χ0v) is 25.5. The van der Waals surface area contributed by atoms with E-state index in [1.54, 1.807) is 14.1 Å². The highest BCUT2D eigenvalue weighted by atomic mass is 31.2. The molecule has 0 spiro atoms. The second-order valence-electron chi connectivity index (χ2n) is 11.5. The van der Waals surface area contributed by atoms with Crippen molar-refractivity contribution in [1.29, 1.82) is 0 Å². The number of aromatic amines is 1. The van der Waals surface area contributed by atoms with Crippen molar-refractivity contribution in [1.82, 2.24) is 25.2 Å². The van der Waals surface area contributed by atoms with Crippen LogP contribution in [-0.4, -0.2) is 91.5 Å². The molecule has 0 radical (unpaired) electrons. The first kappa shape index (κ1) is 32.8. The zero-order chi connectivity index (χ0) is 31.7. The summed E-state index contributed by atoms with van der Waals surface area (Å²) in [7, 11) is 1.27. The number of carbonyl (C=O) groups excluding carboxylic acids is 1. The highest BCUT2D eigenvalue weighted by Crippen LogP contribution is 2.43. The molecule has 0 aliphatic heterocycles. The van der Waals surface area contributed by atoms with E-state index in [2.05, 4.69) is 25.6 Å². The molecule has 236 valence electrons. The molecular weight excluding hydrogens is 594 g/mol. The van der Waals surface area contributed by atoms with Gasteiger partial charge < -0.3 is 29.8 Å². The Kier molecular flexibility index (Phi) is 9.53. The number of benzene rings is 1. The van der Waals surface area contributed by atoms with Gasteiger partial charge in [0, 0.05) is 53.7 Å². The number of hydrogen-bond donors (Lipinski definition) is 3. The van der Waals surface area contributed by atoms with E-state index in [0.29, 0.717) is 24.6 Å². The minimum Gasteiger partial charge on any atom is -0.465 e. The van der Waals surface area contributed by atoms with E-state index in [0.717, 1.165) is 6.20 Å². The summed E-state index contributed by atoms with van der Waals surface area (Å²) in [6.07, 6.45) is -1.10. The maximum Gasteiger partial charge on any atom is 0.419 e. The van der Waals surface area contributed by atoms with E-state index in [-0.39, 0.29) is 65.2 Å². The van der Waals surface area contributed by atoms with Crippen molar-refractivity contribution in [2.75, 3.05) is 52.9 Å². The van der Waals surface area contributed by atoms with Crippen LogP contribution < -0.4 is 15.9 Å². The second-order valence-corrected chi connectivity index (χ2v) is 14.7. The number of alkyl halides is 5. The van der Waals surface area contributed by atoms with Crippen molar-refractivity contribution < 1.29 is 36.0 Å². The highest BCUT2D eigenvalue weighted by Gasteiger charge is 2.37. The maximum absolute atomic E-state index is 14.1. The number of anilines is 1. The van der Waals surface area contributed by atoms with Gasteiger partial charge >= 0.3 is 12.1 Å². The summed E-state index contributed by atoms with van der Waals surface area (Å²) in [4.78, 5) is 24.9. The van der Waals surface area contributed by atoms with Crippen LogP contribution in [0.3, 0.4) is 0 Å². The molecule has 1 saturated carbocycles. The van der Waals surface area contributed by atoms with Crippen molar-refractivity contribution in [2.45, 2.75) is 49.9 Å². The summed E-state index contributed by atoms with van der Waals surface area (Å²) >= 11 is 0. The number of H-pyrrole nitrogens is 1. The quantitative estimate of drug-likeness (QED) is 0.151. The molecule has 2 heterocycles. The minimum atomic E-state index is -4.77. The van der Waals surface area contributed by atoms with E-state index in [1.807, 2.05) is 0 Å². The van der Waals surface area contributed by atoms with Crippen LogP contribution in [-0.2, 0) is 15.5 Å². The summed E-state index contributed by atoms with van der Waals surface area (Å²) in [5.41, 5.74) is -1.02. The van der Waals surface area contributed by atoms with Gasteiger partial charge in [-0.05, 0) is 52.8 Å². The van der Waals surface area contributed by atoms with Gasteiger partial charge in [-0.1, -0.05) is 6.07 Å². The molecule has 0 saturated heterocycles. The molecule has 2 atom stereocenters. The molecule has 3 aromatic rings. The number of fused-ring (bicyclic) bond motifs is 1. The number of carbonyl (C=O) groups is 1. The number of nitrogens with one attached hydrogen (secondary N) is 3. The van der Waals surface area contributed by atoms with Crippen LogP contribution >= 0.6 is 7.14 Å². The third-order valence-electron chi connectivity index (χ3n) is 7.36.